The lowest BCUT2D eigenvalue weighted by Crippen LogP contribution is -2.41. The quantitative estimate of drug-likeness (QED) is 0.555. The predicted octanol–water partition coefficient (Wildman–Crippen LogP) is 0.996. The SMILES string of the molecule is OC1CC(F)(C(F)(F)F)CO1. The van der Waals surface area contributed by atoms with E-state index >= 15 is 0 Å². The van der Waals surface area contributed by atoms with E-state index in [1.807, 2.05) is 0 Å². The molecule has 0 spiro atoms. The van der Waals surface area contributed by atoms with Crippen LogP contribution in [0.5, 0.6) is 0 Å². The van der Waals surface area contributed by atoms with Gasteiger partial charge in [0, 0.05) is 6.42 Å². The highest BCUT2D eigenvalue weighted by Gasteiger charge is 2.60. The summed E-state index contributed by atoms with van der Waals surface area (Å²) in [4.78, 5) is 0. The summed E-state index contributed by atoms with van der Waals surface area (Å²) in [5.41, 5.74) is -3.37. The molecule has 2 atom stereocenters. The Morgan fingerprint density at radius 3 is 2.18 bits per heavy atom. The fourth-order valence-corrected chi connectivity index (χ4v) is 0.820. The van der Waals surface area contributed by atoms with Gasteiger partial charge in [-0.1, -0.05) is 0 Å². The number of hydrogen-bond acceptors (Lipinski definition) is 2. The van der Waals surface area contributed by atoms with Gasteiger partial charge in [0.25, 0.3) is 0 Å². The fraction of sp³-hybridized carbons (Fsp3) is 1.00. The first-order valence-electron chi connectivity index (χ1n) is 2.90. The second-order valence-electron chi connectivity index (χ2n) is 2.43. The highest BCUT2D eigenvalue weighted by Crippen LogP contribution is 2.41. The zero-order valence-electron chi connectivity index (χ0n) is 5.36. The molecule has 0 saturated carbocycles. The van der Waals surface area contributed by atoms with Gasteiger partial charge in [0.05, 0.1) is 6.61 Å². The van der Waals surface area contributed by atoms with Gasteiger partial charge in [0.1, 0.15) is 0 Å². The molecule has 66 valence electrons. The van der Waals surface area contributed by atoms with Crippen molar-refractivity contribution in [3.8, 4) is 0 Å². The molecule has 1 rings (SSSR count). The number of aliphatic hydroxyl groups is 1. The molecule has 6 heteroatoms. The third kappa shape index (κ3) is 1.46. The molecule has 2 nitrogen and oxygen atoms in total. The van der Waals surface area contributed by atoms with Crippen LogP contribution in [-0.2, 0) is 4.74 Å². The second-order valence-corrected chi connectivity index (χ2v) is 2.43. The molecule has 1 N–H and O–H groups in total. The predicted molar refractivity (Wildman–Crippen MR) is 26.5 cm³/mol. The fourth-order valence-electron chi connectivity index (χ4n) is 0.820. The van der Waals surface area contributed by atoms with Crippen LogP contribution in [0.25, 0.3) is 0 Å². The van der Waals surface area contributed by atoms with Crippen LogP contribution in [0.2, 0.25) is 0 Å². The monoisotopic (exact) mass is 174 g/mol. The van der Waals surface area contributed by atoms with Gasteiger partial charge in [-0.3, -0.25) is 0 Å². The van der Waals surface area contributed by atoms with Crippen LogP contribution in [0.1, 0.15) is 6.42 Å². The van der Waals surface area contributed by atoms with Crippen molar-refractivity contribution < 1.29 is 27.4 Å². The molecule has 0 aromatic carbocycles. The zero-order chi connectivity index (χ0) is 8.70. The van der Waals surface area contributed by atoms with Crippen molar-refractivity contribution in [1.29, 1.82) is 0 Å². The van der Waals surface area contributed by atoms with Crippen molar-refractivity contribution in [1.82, 2.24) is 0 Å². The maximum Gasteiger partial charge on any atom is 0.424 e. The molecule has 0 aromatic rings. The average molecular weight is 174 g/mol. The lowest BCUT2D eigenvalue weighted by Gasteiger charge is -2.20. The van der Waals surface area contributed by atoms with Crippen LogP contribution in [0.3, 0.4) is 0 Å². The standard InChI is InChI=1S/C5H6F4O2/c6-4(5(7,8)9)1-3(10)11-2-4/h3,10H,1-2H2. The smallest absolute Gasteiger partial charge is 0.368 e. The zero-order valence-corrected chi connectivity index (χ0v) is 5.36. The van der Waals surface area contributed by atoms with Gasteiger partial charge in [-0.2, -0.15) is 13.2 Å². The lowest BCUT2D eigenvalue weighted by molar-refractivity contribution is -0.228. The van der Waals surface area contributed by atoms with Crippen LogP contribution in [-0.4, -0.2) is 29.8 Å². The minimum Gasteiger partial charge on any atom is -0.368 e. The first-order valence-corrected chi connectivity index (χ1v) is 2.90. The Hall–Kier alpha value is -0.360. The summed E-state index contributed by atoms with van der Waals surface area (Å²) in [7, 11) is 0. The number of aliphatic hydroxyl groups excluding tert-OH is 1. The average Bonchev–Trinajstić information content (AvgIpc) is 2.10. The number of halogens is 4. The van der Waals surface area contributed by atoms with Crippen molar-refractivity contribution >= 4 is 0 Å². The van der Waals surface area contributed by atoms with E-state index in [1.54, 1.807) is 0 Å². The van der Waals surface area contributed by atoms with E-state index in [-0.39, 0.29) is 0 Å². The Labute approximate surface area is 59.8 Å². The van der Waals surface area contributed by atoms with Gasteiger partial charge in [-0.05, 0) is 0 Å². The summed E-state index contributed by atoms with van der Waals surface area (Å²) in [6.07, 6.45) is -7.62. The van der Waals surface area contributed by atoms with Gasteiger partial charge >= 0.3 is 6.18 Å². The molecule has 0 radical (unpaired) electrons. The molecule has 2 unspecified atom stereocenters. The van der Waals surface area contributed by atoms with E-state index in [2.05, 4.69) is 4.74 Å². The van der Waals surface area contributed by atoms with E-state index in [4.69, 9.17) is 5.11 Å². The summed E-state index contributed by atoms with van der Waals surface area (Å²) in [5, 5.41) is 8.47. The van der Waals surface area contributed by atoms with Crippen molar-refractivity contribution in [2.75, 3.05) is 6.61 Å². The minimum absolute atomic E-state index is 1.03. The molecule has 1 aliphatic heterocycles. The number of hydrogen-bond donors (Lipinski definition) is 1. The van der Waals surface area contributed by atoms with Crippen molar-refractivity contribution in [3.63, 3.8) is 0 Å². The van der Waals surface area contributed by atoms with E-state index in [0.717, 1.165) is 0 Å². The Bertz CT molecular complexity index is 157. The summed E-state index contributed by atoms with van der Waals surface area (Å²) >= 11 is 0. The molecular formula is C5H6F4O2. The Kier molecular flexibility index (Phi) is 1.84. The Morgan fingerprint density at radius 2 is 2.00 bits per heavy atom. The summed E-state index contributed by atoms with van der Waals surface area (Å²) < 4.78 is 52.0. The molecule has 1 aliphatic rings. The lowest BCUT2D eigenvalue weighted by atomic mass is 10.1. The summed E-state index contributed by atoms with van der Waals surface area (Å²) in [6, 6.07) is 0. The maximum atomic E-state index is 12.7. The van der Waals surface area contributed by atoms with Gasteiger partial charge in [-0.15, -0.1) is 0 Å². The van der Waals surface area contributed by atoms with Crippen LogP contribution >= 0.6 is 0 Å². The largest absolute Gasteiger partial charge is 0.424 e. The first-order chi connectivity index (χ1) is 4.85. The molecular weight excluding hydrogens is 168 g/mol. The maximum absolute atomic E-state index is 12.7. The minimum atomic E-state index is -4.95. The van der Waals surface area contributed by atoms with Crippen LogP contribution < -0.4 is 0 Å². The third-order valence-electron chi connectivity index (χ3n) is 1.51. The molecule has 11 heavy (non-hydrogen) atoms. The van der Waals surface area contributed by atoms with Crippen LogP contribution in [0.4, 0.5) is 17.6 Å². The molecule has 0 amide bonds. The van der Waals surface area contributed by atoms with E-state index in [9.17, 15) is 17.6 Å². The van der Waals surface area contributed by atoms with E-state index in [1.165, 1.54) is 0 Å². The Morgan fingerprint density at radius 1 is 1.45 bits per heavy atom. The molecule has 0 bridgehead atoms. The molecule has 1 saturated heterocycles. The van der Waals surface area contributed by atoms with E-state index < -0.39 is 31.2 Å². The number of rotatable bonds is 0. The van der Waals surface area contributed by atoms with Crippen molar-refractivity contribution in [3.05, 3.63) is 0 Å². The van der Waals surface area contributed by atoms with Crippen LogP contribution in [0, 0.1) is 0 Å². The molecule has 1 heterocycles. The van der Waals surface area contributed by atoms with Crippen molar-refractivity contribution in [2.45, 2.75) is 24.6 Å². The topological polar surface area (TPSA) is 29.5 Å². The van der Waals surface area contributed by atoms with Gasteiger partial charge in [0.2, 0.25) is 5.67 Å². The molecule has 1 fully saturated rings. The third-order valence-corrected chi connectivity index (χ3v) is 1.51. The number of alkyl halides is 4. The highest BCUT2D eigenvalue weighted by atomic mass is 19.4. The second kappa shape index (κ2) is 2.31. The van der Waals surface area contributed by atoms with Gasteiger partial charge < -0.3 is 9.84 Å². The van der Waals surface area contributed by atoms with Crippen LogP contribution in [0.15, 0.2) is 0 Å². The van der Waals surface area contributed by atoms with Gasteiger partial charge in [0.15, 0.2) is 6.29 Å². The molecule has 0 aromatic heterocycles. The van der Waals surface area contributed by atoms with Gasteiger partial charge in [-0.25, -0.2) is 4.39 Å². The molecule has 0 aliphatic carbocycles. The van der Waals surface area contributed by atoms with Crippen molar-refractivity contribution in [2.24, 2.45) is 0 Å². The number of ether oxygens (including phenoxy) is 1. The van der Waals surface area contributed by atoms with E-state index in [0.29, 0.717) is 0 Å². The summed E-state index contributed by atoms with van der Waals surface area (Å²) in [6.45, 7) is -1.11. The first kappa shape index (κ1) is 8.73. The summed E-state index contributed by atoms with van der Waals surface area (Å²) in [5.74, 6) is 0. The highest BCUT2D eigenvalue weighted by molar-refractivity contribution is 4.91. The Balaban J connectivity index is 2.69. The normalized spacial score (nSPS) is 39.5.